The van der Waals surface area contributed by atoms with E-state index in [4.69, 9.17) is 4.74 Å². The number of benzene rings is 2. The molecule has 1 aliphatic rings. The summed E-state index contributed by atoms with van der Waals surface area (Å²) in [5.74, 6) is 0.942. The van der Waals surface area contributed by atoms with Crippen molar-refractivity contribution in [2.75, 3.05) is 32.9 Å². The number of nitrogens with one attached hydrogen (secondary N) is 1. The summed E-state index contributed by atoms with van der Waals surface area (Å²) in [6.45, 7) is 8.32. The molecule has 4 heteroatoms. The number of hydrogen-bond acceptors (Lipinski definition) is 3. The van der Waals surface area contributed by atoms with Gasteiger partial charge in [0.15, 0.2) is 0 Å². The Balaban J connectivity index is 1.78. The molecule has 0 radical (unpaired) electrons. The van der Waals surface area contributed by atoms with E-state index in [1.807, 2.05) is 18.2 Å². The highest BCUT2D eigenvalue weighted by molar-refractivity contribution is 5.44. The van der Waals surface area contributed by atoms with Crippen molar-refractivity contribution in [3.63, 3.8) is 0 Å². The first-order valence-corrected chi connectivity index (χ1v) is 9.47. The molecule has 2 aromatic rings. The lowest BCUT2D eigenvalue weighted by Gasteiger charge is -2.35. The van der Waals surface area contributed by atoms with Crippen molar-refractivity contribution in [1.29, 1.82) is 0 Å². The summed E-state index contributed by atoms with van der Waals surface area (Å²) in [6.07, 6.45) is 0.545. The molecular formula is C22H29FN2O. The average Bonchev–Trinajstić information content (AvgIpc) is 2.67. The summed E-state index contributed by atoms with van der Waals surface area (Å²) >= 11 is 0. The molecule has 0 amide bonds. The Labute approximate surface area is 156 Å². The topological polar surface area (TPSA) is 24.5 Å². The normalized spacial score (nSPS) is 16.4. The minimum Gasteiger partial charge on any atom is -0.488 e. The van der Waals surface area contributed by atoms with Gasteiger partial charge in [-0.2, -0.15) is 0 Å². The first-order valence-electron chi connectivity index (χ1n) is 9.47. The van der Waals surface area contributed by atoms with Gasteiger partial charge in [-0.15, -0.1) is 0 Å². The first-order chi connectivity index (χ1) is 12.7. The fraction of sp³-hybridized carbons (Fsp3) is 0.455. The van der Waals surface area contributed by atoms with Crippen LogP contribution >= 0.6 is 0 Å². The van der Waals surface area contributed by atoms with Crippen LogP contribution in [0, 0.1) is 13.8 Å². The zero-order valence-corrected chi connectivity index (χ0v) is 15.8. The van der Waals surface area contributed by atoms with Crippen molar-refractivity contribution >= 4 is 0 Å². The Morgan fingerprint density at radius 1 is 1.08 bits per heavy atom. The fourth-order valence-electron chi connectivity index (χ4n) is 3.79. The predicted molar refractivity (Wildman–Crippen MR) is 104 cm³/mol. The summed E-state index contributed by atoms with van der Waals surface area (Å²) in [7, 11) is 0. The largest absolute Gasteiger partial charge is 0.488 e. The van der Waals surface area contributed by atoms with Gasteiger partial charge in [0.2, 0.25) is 0 Å². The molecule has 1 aliphatic heterocycles. The van der Waals surface area contributed by atoms with E-state index in [0.29, 0.717) is 13.0 Å². The molecule has 2 aromatic carbocycles. The summed E-state index contributed by atoms with van der Waals surface area (Å²) < 4.78 is 19.3. The van der Waals surface area contributed by atoms with Gasteiger partial charge in [-0.3, -0.25) is 9.29 Å². The summed E-state index contributed by atoms with van der Waals surface area (Å²) in [4.78, 5) is 2.40. The molecule has 0 aromatic heterocycles. The standard InChI is InChI=1S/C22H29FN2O/c1-17-14-20(21(8-9-23)25-12-10-24-11-13-25)15-18(2)22(17)26-16-19-6-4-3-5-7-19/h3-7,14-15,21,24H,8-13,16H2,1-2H3/t21-/m1/s1. The van der Waals surface area contributed by atoms with E-state index in [0.717, 1.165) is 48.6 Å². The molecule has 140 valence electrons. The maximum atomic E-state index is 13.2. The van der Waals surface area contributed by atoms with E-state index >= 15 is 0 Å². The first kappa shape index (κ1) is 18.9. The summed E-state index contributed by atoms with van der Waals surface area (Å²) in [6, 6.07) is 14.7. The monoisotopic (exact) mass is 356 g/mol. The van der Waals surface area contributed by atoms with E-state index in [1.165, 1.54) is 5.56 Å². The number of piperazine rings is 1. The van der Waals surface area contributed by atoms with Gasteiger partial charge in [0.25, 0.3) is 0 Å². The lowest BCUT2D eigenvalue weighted by molar-refractivity contribution is 0.157. The van der Waals surface area contributed by atoms with Gasteiger partial charge in [-0.1, -0.05) is 42.5 Å². The minimum atomic E-state index is -0.293. The van der Waals surface area contributed by atoms with Crippen molar-refractivity contribution in [2.24, 2.45) is 0 Å². The van der Waals surface area contributed by atoms with Crippen LogP contribution in [-0.2, 0) is 6.61 Å². The Hall–Kier alpha value is -1.91. The zero-order chi connectivity index (χ0) is 18.4. The molecule has 26 heavy (non-hydrogen) atoms. The molecule has 1 heterocycles. The number of halogens is 1. The lowest BCUT2D eigenvalue weighted by Crippen LogP contribution is -2.45. The van der Waals surface area contributed by atoms with E-state index in [1.54, 1.807) is 0 Å². The van der Waals surface area contributed by atoms with Crippen molar-refractivity contribution in [1.82, 2.24) is 10.2 Å². The zero-order valence-electron chi connectivity index (χ0n) is 15.8. The maximum absolute atomic E-state index is 13.2. The van der Waals surface area contributed by atoms with Crippen LogP contribution in [0.25, 0.3) is 0 Å². The number of aryl methyl sites for hydroxylation is 2. The molecule has 3 nitrogen and oxygen atoms in total. The predicted octanol–water partition coefficient (Wildman–Crippen LogP) is 4.19. The lowest BCUT2D eigenvalue weighted by atomic mass is 9.96. The van der Waals surface area contributed by atoms with E-state index in [2.05, 4.69) is 48.3 Å². The van der Waals surface area contributed by atoms with Crippen LogP contribution in [-0.4, -0.2) is 37.8 Å². The van der Waals surface area contributed by atoms with Crippen LogP contribution in [0.3, 0.4) is 0 Å². The third-order valence-corrected chi connectivity index (χ3v) is 5.07. The smallest absolute Gasteiger partial charge is 0.125 e. The Morgan fingerprint density at radius 2 is 1.73 bits per heavy atom. The minimum absolute atomic E-state index is 0.141. The summed E-state index contributed by atoms with van der Waals surface area (Å²) in [5.41, 5.74) is 4.60. The highest BCUT2D eigenvalue weighted by Crippen LogP contribution is 2.32. The van der Waals surface area contributed by atoms with E-state index < -0.39 is 0 Å². The van der Waals surface area contributed by atoms with Crippen LogP contribution in [0.2, 0.25) is 0 Å². The number of ether oxygens (including phenoxy) is 1. The third kappa shape index (κ3) is 4.63. The maximum Gasteiger partial charge on any atom is 0.125 e. The van der Waals surface area contributed by atoms with Gasteiger partial charge in [0.05, 0.1) is 6.67 Å². The SMILES string of the molecule is Cc1cc([C@@H](CCF)N2CCNCC2)cc(C)c1OCc1ccccc1. The molecule has 1 saturated heterocycles. The Morgan fingerprint density at radius 3 is 2.35 bits per heavy atom. The van der Waals surface area contributed by atoms with Crippen molar-refractivity contribution in [3.8, 4) is 5.75 Å². The molecule has 0 unspecified atom stereocenters. The van der Waals surface area contributed by atoms with E-state index in [-0.39, 0.29) is 12.7 Å². The molecular weight excluding hydrogens is 327 g/mol. The van der Waals surface area contributed by atoms with Crippen molar-refractivity contribution in [2.45, 2.75) is 32.9 Å². The Kier molecular flexibility index (Phi) is 6.64. The average molecular weight is 356 g/mol. The molecule has 0 aliphatic carbocycles. The van der Waals surface area contributed by atoms with Crippen molar-refractivity contribution in [3.05, 3.63) is 64.7 Å². The van der Waals surface area contributed by atoms with Crippen LogP contribution in [0.15, 0.2) is 42.5 Å². The second-order valence-corrected chi connectivity index (χ2v) is 7.04. The highest BCUT2D eigenvalue weighted by Gasteiger charge is 2.23. The molecule has 0 saturated carbocycles. The number of nitrogens with zero attached hydrogens (tertiary/aromatic N) is 1. The van der Waals surface area contributed by atoms with Crippen LogP contribution in [0.4, 0.5) is 4.39 Å². The van der Waals surface area contributed by atoms with Crippen LogP contribution in [0.1, 0.15) is 34.7 Å². The Bertz CT molecular complexity index is 676. The number of alkyl halides is 1. The summed E-state index contributed by atoms with van der Waals surface area (Å²) in [5, 5.41) is 3.37. The van der Waals surface area contributed by atoms with E-state index in [9.17, 15) is 4.39 Å². The fourth-order valence-corrected chi connectivity index (χ4v) is 3.79. The molecule has 0 bridgehead atoms. The quantitative estimate of drug-likeness (QED) is 0.805. The van der Waals surface area contributed by atoms with Gasteiger partial charge < -0.3 is 10.1 Å². The van der Waals surface area contributed by atoms with Gasteiger partial charge in [0, 0.05) is 32.2 Å². The number of rotatable bonds is 7. The molecule has 3 rings (SSSR count). The molecule has 1 atom stereocenters. The van der Waals surface area contributed by atoms with Crippen molar-refractivity contribution < 1.29 is 9.13 Å². The van der Waals surface area contributed by atoms with Gasteiger partial charge in [-0.05, 0) is 42.5 Å². The van der Waals surface area contributed by atoms with Gasteiger partial charge in [-0.25, -0.2) is 0 Å². The van der Waals surface area contributed by atoms with Crippen LogP contribution in [0.5, 0.6) is 5.75 Å². The molecule has 0 spiro atoms. The molecule has 1 N–H and O–H groups in total. The van der Waals surface area contributed by atoms with Crippen LogP contribution < -0.4 is 10.1 Å². The second kappa shape index (κ2) is 9.15. The highest BCUT2D eigenvalue weighted by atomic mass is 19.1. The third-order valence-electron chi connectivity index (χ3n) is 5.07. The molecule has 1 fully saturated rings. The van der Waals surface area contributed by atoms with Gasteiger partial charge >= 0.3 is 0 Å². The second-order valence-electron chi connectivity index (χ2n) is 7.04. The number of hydrogen-bond donors (Lipinski definition) is 1. The van der Waals surface area contributed by atoms with Gasteiger partial charge in [0.1, 0.15) is 12.4 Å².